The van der Waals surface area contributed by atoms with Crippen LogP contribution < -0.4 is 0 Å². The van der Waals surface area contributed by atoms with E-state index in [1.807, 2.05) is 30.3 Å². The van der Waals surface area contributed by atoms with E-state index in [0.29, 0.717) is 44.6 Å². The van der Waals surface area contributed by atoms with Crippen LogP contribution in [0.1, 0.15) is 38.7 Å². The van der Waals surface area contributed by atoms with Crippen molar-refractivity contribution in [3.05, 3.63) is 126 Å². The molecule has 5 heterocycles. The molecule has 0 atom stereocenters. The van der Waals surface area contributed by atoms with Crippen LogP contribution in [0.25, 0.3) is 66.7 Å². The van der Waals surface area contributed by atoms with E-state index in [-0.39, 0.29) is 48.1 Å². The van der Waals surface area contributed by atoms with Crippen LogP contribution >= 0.6 is 0 Å². The quantitative estimate of drug-likeness (QED) is 0.165. The molecule has 213 valence electrons. The molecule has 0 saturated carbocycles. The first-order valence-corrected chi connectivity index (χ1v) is 12.8. The van der Waals surface area contributed by atoms with Gasteiger partial charge in [-0.05, 0) is 60.6 Å². The predicted octanol–water partition coefficient (Wildman–Crippen LogP) is 9.52. The Morgan fingerprint density at radius 2 is 1.56 bits per heavy atom. The minimum atomic E-state index is -2.63. The van der Waals surface area contributed by atoms with Gasteiger partial charge in [-0.1, -0.05) is 54.4 Å². The molecule has 8 rings (SSSR count). The minimum Gasteiger partial charge on any atom is -0.499 e. The molecule has 5 aromatic heterocycles. The Labute approximate surface area is 279 Å². The summed E-state index contributed by atoms with van der Waals surface area (Å²) in [5.41, 5.74) is 4.39. The smallest absolute Gasteiger partial charge is 0.228 e. The zero-order valence-corrected chi connectivity index (χ0v) is 24.5. The van der Waals surface area contributed by atoms with Gasteiger partial charge in [-0.15, -0.1) is 53.6 Å². The maximum absolute atomic E-state index is 7.84. The first kappa shape index (κ1) is 17.5. The molecule has 5 nitrogen and oxygen atoms in total. The van der Waals surface area contributed by atoms with Crippen molar-refractivity contribution in [2.75, 3.05) is 0 Å². The third-order valence-electron chi connectivity index (χ3n) is 6.77. The molecule has 0 spiro atoms. The number of pyridine rings is 3. The molecule has 0 aliphatic rings. The average molecular weight is 750 g/mol. The maximum Gasteiger partial charge on any atom is 0.228 e. The number of benzene rings is 3. The SMILES string of the molecule is [2H]C([2H])([2H])c1c[c-]c(-c2ccc(C([2H])([2H])[2H])cn2)cc1.[2H]C([2H])([2H])c1cnc(-c2[c-]ccc3c2oc2cc4c(nc23)oc2ccccc24)cc1C([2H])([2H])[2H].[Ir]. The van der Waals surface area contributed by atoms with Crippen LogP contribution in [0, 0.1) is 39.5 Å². The molecule has 0 bridgehead atoms. The van der Waals surface area contributed by atoms with Crippen LogP contribution in [-0.4, -0.2) is 15.0 Å². The van der Waals surface area contributed by atoms with Gasteiger partial charge in [0.05, 0.1) is 11.0 Å². The van der Waals surface area contributed by atoms with Crippen molar-refractivity contribution in [3.63, 3.8) is 0 Å². The summed E-state index contributed by atoms with van der Waals surface area (Å²) in [7, 11) is 0. The van der Waals surface area contributed by atoms with E-state index in [4.69, 9.17) is 25.3 Å². The second-order valence-corrected chi connectivity index (χ2v) is 9.52. The summed E-state index contributed by atoms with van der Waals surface area (Å²) >= 11 is 0. The summed E-state index contributed by atoms with van der Waals surface area (Å²) in [6, 6.07) is 27.8. The number of fused-ring (bicyclic) bond motifs is 6. The van der Waals surface area contributed by atoms with Crippen LogP contribution in [0.15, 0.2) is 100 Å². The van der Waals surface area contributed by atoms with Gasteiger partial charge in [-0.3, -0.25) is 0 Å². The summed E-state index contributed by atoms with van der Waals surface area (Å²) in [5.74, 6) is 0. The average Bonchev–Trinajstić information content (AvgIpc) is 3.66. The Hall–Kier alpha value is -4.64. The van der Waals surface area contributed by atoms with E-state index >= 15 is 0 Å². The van der Waals surface area contributed by atoms with Gasteiger partial charge in [0, 0.05) is 54.3 Å². The molecule has 0 saturated heterocycles. The standard InChI is InChI=1S/C24H15N2O2.C13H12N.Ir/c1-13-10-19(25-12-14(13)2)16-7-5-8-17-22-21(27-23(16)17)11-18-15-6-3-4-9-20(15)28-24(18)26-22;1-10-3-6-12(7-4-10)13-8-5-11(2)9-14-13;/h3-6,8-12H,1-2H3;3-6,8-9H,1-2H3;/q2*-1;/i2*1D3,2D3;. The molecule has 0 N–H and O–H groups in total. The third kappa shape index (κ3) is 5.36. The van der Waals surface area contributed by atoms with E-state index in [0.717, 1.165) is 22.6 Å². The summed E-state index contributed by atoms with van der Waals surface area (Å²) in [6.45, 7) is -9.57. The van der Waals surface area contributed by atoms with Crippen molar-refractivity contribution >= 4 is 44.1 Å². The maximum atomic E-state index is 7.84. The van der Waals surface area contributed by atoms with Gasteiger partial charge in [0.15, 0.2) is 0 Å². The Morgan fingerprint density at radius 3 is 2.35 bits per heavy atom. The van der Waals surface area contributed by atoms with Gasteiger partial charge < -0.3 is 18.8 Å². The molecular formula is C37H27IrN3O2-2. The Kier molecular flexibility index (Phi) is 4.70. The van der Waals surface area contributed by atoms with E-state index in [1.54, 1.807) is 24.3 Å². The summed E-state index contributed by atoms with van der Waals surface area (Å²) in [5, 5.41) is 2.42. The first-order chi connectivity index (χ1) is 25.3. The molecule has 0 aliphatic heterocycles. The van der Waals surface area contributed by atoms with Crippen molar-refractivity contribution in [2.45, 2.75) is 27.4 Å². The zero-order chi connectivity index (χ0) is 38.8. The van der Waals surface area contributed by atoms with Crippen molar-refractivity contribution in [1.82, 2.24) is 15.0 Å². The van der Waals surface area contributed by atoms with Gasteiger partial charge in [0.1, 0.15) is 16.7 Å². The largest absolute Gasteiger partial charge is 0.499 e. The molecule has 0 amide bonds. The van der Waals surface area contributed by atoms with Gasteiger partial charge in [-0.25, -0.2) is 4.98 Å². The number of hydrogen-bond donors (Lipinski definition) is 0. The van der Waals surface area contributed by atoms with Crippen LogP contribution in [0.5, 0.6) is 0 Å². The molecule has 8 aromatic rings. The molecule has 43 heavy (non-hydrogen) atoms. The number of nitrogens with zero attached hydrogens (tertiary/aromatic N) is 3. The Bertz CT molecular complexity index is 2600. The zero-order valence-electron chi connectivity index (χ0n) is 34.2. The van der Waals surface area contributed by atoms with Crippen molar-refractivity contribution in [3.8, 4) is 22.5 Å². The number of para-hydroxylation sites is 1. The van der Waals surface area contributed by atoms with Crippen LogP contribution in [0.2, 0.25) is 0 Å². The van der Waals surface area contributed by atoms with Gasteiger partial charge in [0.2, 0.25) is 5.71 Å². The predicted molar refractivity (Wildman–Crippen MR) is 168 cm³/mol. The molecule has 1 radical (unpaired) electrons. The Morgan fingerprint density at radius 1 is 0.698 bits per heavy atom. The number of aromatic nitrogens is 3. The molecular weight excluding hydrogens is 711 g/mol. The molecule has 0 aliphatic carbocycles. The number of hydrogen-bond acceptors (Lipinski definition) is 5. The van der Waals surface area contributed by atoms with Crippen LogP contribution in [0.4, 0.5) is 0 Å². The molecule has 6 heteroatoms. The first-order valence-electron chi connectivity index (χ1n) is 18.8. The number of furan rings is 2. The monoisotopic (exact) mass is 750 g/mol. The fourth-order valence-electron chi connectivity index (χ4n) is 4.71. The fourth-order valence-corrected chi connectivity index (χ4v) is 4.71. The van der Waals surface area contributed by atoms with Crippen LogP contribution in [-0.2, 0) is 20.1 Å². The summed E-state index contributed by atoms with van der Waals surface area (Å²) < 4.78 is 102. The van der Waals surface area contributed by atoms with Crippen molar-refractivity contribution in [2.24, 2.45) is 0 Å². The second-order valence-electron chi connectivity index (χ2n) is 9.52. The van der Waals surface area contributed by atoms with Gasteiger partial charge in [0.25, 0.3) is 0 Å². The summed E-state index contributed by atoms with van der Waals surface area (Å²) in [6.07, 6.45) is 2.39. The van der Waals surface area contributed by atoms with E-state index in [2.05, 4.69) is 27.1 Å². The van der Waals surface area contributed by atoms with E-state index in [9.17, 15) is 0 Å². The number of rotatable bonds is 2. The fraction of sp³-hybridized carbons (Fsp3) is 0.108. The molecule has 3 aromatic carbocycles. The van der Waals surface area contributed by atoms with Gasteiger partial charge >= 0.3 is 0 Å². The van der Waals surface area contributed by atoms with Crippen molar-refractivity contribution in [1.29, 1.82) is 0 Å². The number of aryl methyl sites for hydroxylation is 4. The molecule has 0 unspecified atom stereocenters. The van der Waals surface area contributed by atoms with Crippen molar-refractivity contribution < 1.29 is 45.4 Å². The second kappa shape index (κ2) is 11.6. The minimum absolute atomic E-state index is 0. The third-order valence-corrected chi connectivity index (χ3v) is 6.77. The Balaban J connectivity index is 0.000000211. The van der Waals surface area contributed by atoms with Gasteiger partial charge in [-0.2, -0.15) is 0 Å². The van der Waals surface area contributed by atoms with E-state index in [1.165, 1.54) is 30.5 Å². The topological polar surface area (TPSA) is 65.0 Å². The summed E-state index contributed by atoms with van der Waals surface area (Å²) in [4.78, 5) is 13.0. The van der Waals surface area contributed by atoms with E-state index < -0.39 is 27.4 Å². The molecule has 0 fully saturated rings. The normalized spacial score (nSPS) is 16.4. The van der Waals surface area contributed by atoms with Crippen LogP contribution in [0.3, 0.4) is 0 Å².